The van der Waals surface area contributed by atoms with Gasteiger partial charge >= 0.3 is 0 Å². The Hall–Kier alpha value is -6.11. The monoisotopic (exact) mass is 812 g/mol. The molecule has 4 aromatic carbocycles. The zero-order valence-electron chi connectivity index (χ0n) is 35.2. The van der Waals surface area contributed by atoms with Gasteiger partial charge in [0.25, 0.3) is 5.91 Å². The number of hydrogen-bond donors (Lipinski definition) is 0. The molecule has 1 aromatic heterocycles. The van der Waals surface area contributed by atoms with Gasteiger partial charge in [-0.3, -0.25) is 29.3 Å². The lowest BCUT2D eigenvalue weighted by Gasteiger charge is -2.37. The Balaban J connectivity index is 1.17. The lowest BCUT2D eigenvalue weighted by molar-refractivity contribution is -0.116. The molecular weight excluding hydrogens is 761 g/mol. The molecular formula is C48H52N4O8. The van der Waals surface area contributed by atoms with Crippen molar-refractivity contribution in [2.75, 3.05) is 61.7 Å². The molecule has 0 spiro atoms. The van der Waals surface area contributed by atoms with Gasteiger partial charge in [-0.1, -0.05) is 18.2 Å². The summed E-state index contributed by atoms with van der Waals surface area (Å²) in [7, 11) is 9.31. The Labute approximate surface area is 351 Å². The maximum Gasteiger partial charge on any atom is 0.260 e. The van der Waals surface area contributed by atoms with E-state index in [1.165, 1.54) is 21.6 Å². The van der Waals surface area contributed by atoms with Crippen molar-refractivity contribution in [2.24, 2.45) is 0 Å². The van der Waals surface area contributed by atoms with Crippen LogP contribution in [-0.2, 0) is 30.5 Å². The number of amides is 2. The number of methoxy groups -OCH3 is 3. The minimum atomic E-state index is -0.366. The van der Waals surface area contributed by atoms with Crippen LogP contribution in [0, 0.1) is 6.92 Å². The van der Waals surface area contributed by atoms with Gasteiger partial charge in [-0.05, 0) is 135 Å². The first-order chi connectivity index (χ1) is 29.2. The van der Waals surface area contributed by atoms with E-state index in [9.17, 15) is 9.59 Å². The van der Waals surface area contributed by atoms with Crippen molar-refractivity contribution in [1.82, 2.24) is 19.7 Å². The number of ether oxygens (including phenoxy) is 6. The second-order valence-electron chi connectivity index (χ2n) is 15.7. The first-order valence-corrected chi connectivity index (χ1v) is 20.5. The van der Waals surface area contributed by atoms with E-state index in [0.717, 1.165) is 49.0 Å². The van der Waals surface area contributed by atoms with Crippen LogP contribution in [0.3, 0.4) is 0 Å². The van der Waals surface area contributed by atoms with Crippen molar-refractivity contribution in [2.45, 2.75) is 51.1 Å². The molecule has 2 atom stereocenters. The second kappa shape index (κ2) is 17.6. The minimum absolute atomic E-state index is 0.0975. The largest absolute Gasteiger partial charge is 0.493 e. The van der Waals surface area contributed by atoms with E-state index in [0.29, 0.717) is 76.4 Å². The first-order valence-electron chi connectivity index (χ1n) is 20.5. The fourth-order valence-corrected chi connectivity index (χ4v) is 8.71. The molecule has 312 valence electrons. The maximum atomic E-state index is 13.1. The summed E-state index contributed by atoms with van der Waals surface area (Å²) < 4.78 is 38.1. The van der Waals surface area contributed by atoms with Crippen LogP contribution in [0.1, 0.15) is 67.8 Å². The van der Waals surface area contributed by atoms with Crippen LogP contribution in [0.4, 0.5) is 0 Å². The quantitative estimate of drug-likeness (QED) is 0.101. The molecule has 4 aliphatic rings. The summed E-state index contributed by atoms with van der Waals surface area (Å²) >= 11 is 0. The summed E-state index contributed by atoms with van der Waals surface area (Å²) in [5, 5.41) is 0. The van der Waals surface area contributed by atoms with E-state index in [1.54, 1.807) is 46.7 Å². The van der Waals surface area contributed by atoms with E-state index in [-0.39, 0.29) is 31.1 Å². The van der Waals surface area contributed by atoms with Gasteiger partial charge in [0.2, 0.25) is 12.2 Å². The first kappa shape index (κ1) is 40.7. The maximum absolute atomic E-state index is 13.1. The molecule has 12 heteroatoms. The molecule has 0 unspecified atom stereocenters. The van der Waals surface area contributed by atoms with E-state index in [4.69, 9.17) is 28.4 Å². The molecule has 0 saturated heterocycles. The van der Waals surface area contributed by atoms with Crippen LogP contribution in [-0.4, -0.2) is 93.7 Å². The van der Waals surface area contributed by atoms with Crippen molar-refractivity contribution in [3.8, 4) is 46.0 Å². The zero-order valence-corrected chi connectivity index (χ0v) is 35.2. The van der Waals surface area contributed by atoms with E-state index in [1.807, 2.05) is 24.3 Å². The molecule has 0 saturated carbocycles. The van der Waals surface area contributed by atoms with Crippen molar-refractivity contribution in [3.05, 3.63) is 124 Å². The van der Waals surface area contributed by atoms with Crippen molar-refractivity contribution in [3.63, 3.8) is 0 Å². The number of imide groups is 1. The summed E-state index contributed by atoms with van der Waals surface area (Å²) in [4.78, 5) is 35.1. The number of rotatable bonds is 10. The lowest BCUT2D eigenvalue weighted by atomic mass is 9.87. The summed E-state index contributed by atoms with van der Waals surface area (Å²) in [5.74, 6) is 4.48. The number of aromatic nitrogens is 1. The highest BCUT2D eigenvalue weighted by Gasteiger charge is 2.35. The Bertz CT molecular complexity index is 2380. The number of pyridine rings is 1. The lowest BCUT2D eigenvalue weighted by Crippen LogP contribution is -2.34. The summed E-state index contributed by atoms with van der Waals surface area (Å²) in [6, 6.07) is 22.3. The molecule has 0 N–H and O–H groups in total. The highest BCUT2D eigenvalue weighted by molar-refractivity contribution is 6.00. The number of carbonyl (C=O) groups excluding carboxylic acids is 2. The van der Waals surface area contributed by atoms with E-state index >= 15 is 0 Å². The number of hydrogen-bond acceptors (Lipinski definition) is 11. The smallest absolute Gasteiger partial charge is 0.260 e. The fourth-order valence-electron chi connectivity index (χ4n) is 8.71. The van der Waals surface area contributed by atoms with Gasteiger partial charge < -0.3 is 28.4 Å². The molecule has 5 heterocycles. The average molecular weight is 813 g/mol. The van der Waals surface area contributed by atoms with Crippen LogP contribution in [0.15, 0.2) is 79.1 Å². The SMILES string of the molecule is COc1cc2c3cc1Oc1c(OC)c(OC)cc4c1[C@@H](Cc1ccc(OCCCN(C=O)C(=O)c5ccncc5C)c(c1)Oc1ccc(cc1)C[C@@H]3N(C)CC2)N(C)CC4. The number of aryl methyl sites for hydroxylation is 1. The third kappa shape index (κ3) is 8.09. The second-order valence-corrected chi connectivity index (χ2v) is 15.7. The standard InChI is InChI=1S/C48H52N4O8/c1-30-28-49-17-14-36(30)48(54)52(29-53)18-7-21-58-40-13-10-32-23-39-45-34(16-20-51(39)3)26-44(56-5)46(57-6)47(45)60-43-27-37-33(25-41(43)55-4)15-19-50(2)38(37)22-31-8-11-35(12-9-31)59-42(40)24-32/h8-14,17,24-29,38-39H,7,15-16,18-23H2,1-6H3/t38-,39+/m0/s1. The topological polar surface area (TPSA) is 112 Å². The number of carbonyl (C=O) groups is 2. The highest BCUT2D eigenvalue weighted by atomic mass is 16.5. The normalized spacial score (nSPS) is 17.2. The Morgan fingerprint density at radius 1 is 0.817 bits per heavy atom. The molecule has 9 rings (SSSR count). The summed E-state index contributed by atoms with van der Waals surface area (Å²) in [6.45, 7) is 4.00. The molecule has 2 amide bonds. The van der Waals surface area contributed by atoms with Gasteiger partial charge in [0, 0.05) is 55.2 Å². The molecule has 0 aliphatic carbocycles. The molecule has 0 fully saturated rings. The summed E-state index contributed by atoms with van der Waals surface area (Å²) in [5.41, 5.74) is 7.96. The molecule has 0 radical (unpaired) electrons. The minimum Gasteiger partial charge on any atom is -0.493 e. The van der Waals surface area contributed by atoms with Crippen molar-refractivity contribution in [1.29, 1.82) is 0 Å². The van der Waals surface area contributed by atoms with Gasteiger partial charge in [-0.25, -0.2) is 0 Å². The van der Waals surface area contributed by atoms with Gasteiger partial charge in [0.15, 0.2) is 34.5 Å². The van der Waals surface area contributed by atoms with Crippen LogP contribution < -0.4 is 28.4 Å². The van der Waals surface area contributed by atoms with Crippen LogP contribution >= 0.6 is 0 Å². The Morgan fingerprint density at radius 3 is 2.25 bits per heavy atom. The molecule has 5 aromatic rings. The Kier molecular flexibility index (Phi) is 11.9. The third-order valence-electron chi connectivity index (χ3n) is 12.1. The highest BCUT2D eigenvalue weighted by Crippen LogP contribution is 2.52. The fraction of sp³-hybridized carbons (Fsp3) is 0.354. The third-order valence-corrected chi connectivity index (χ3v) is 12.1. The molecule has 60 heavy (non-hydrogen) atoms. The molecule has 4 aliphatic heterocycles. The predicted octanol–water partition coefficient (Wildman–Crippen LogP) is 7.92. The van der Waals surface area contributed by atoms with Crippen molar-refractivity contribution >= 4 is 12.3 Å². The Morgan fingerprint density at radius 2 is 1.52 bits per heavy atom. The van der Waals surface area contributed by atoms with Gasteiger partial charge in [0.1, 0.15) is 5.75 Å². The number of benzene rings is 4. The van der Waals surface area contributed by atoms with Gasteiger partial charge in [0.05, 0.1) is 27.9 Å². The van der Waals surface area contributed by atoms with E-state index < -0.39 is 0 Å². The summed E-state index contributed by atoms with van der Waals surface area (Å²) in [6.07, 6.45) is 7.27. The van der Waals surface area contributed by atoms with Crippen LogP contribution in [0.2, 0.25) is 0 Å². The van der Waals surface area contributed by atoms with E-state index in [2.05, 4.69) is 65.3 Å². The molecule has 6 bridgehead atoms. The number of nitrogens with zero attached hydrogens (tertiary/aromatic N) is 4. The van der Waals surface area contributed by atoms with Gasteiger partial charge in [-0.2, -0.15) is 0 Å². The zero-order chi connectivity index (χ0) is 41.9. The van der Waals surface area contributed by atoms with Crippen LogP contribution in [0.25, 0.3) is 0 Å². The average Bonchev–Trinajstić information content (AvgIpc) is 3.26. The van der Waals surface area contributed by atoms with Crippen LogP contribution in [0.5, 0.6) is 46.0 Å². The van der Waals surface area contributed by atoms with Crippen molar-refractivity contribution < 1.29 is 38.0 Å². The molecule has 12 nitrogen and oxygen atoms in total. The number of likely N-dealkylation sites (N-methyl/N-ethyl adjacent to an activating group) is 2. The number of fused-ring (bicyclic) bond motifs is 2. The predicted molar refractivity (Wildman–Crippen MR) is 227 cm³/mol. The van der Waals surface area contributed by atoms with Gasteiger partial charge in [-0.15, -0.1) is 0 Å².